The van der Waals surface area contributed by atoms with Gasteiger partial charge in [-0.2, -0.15) is 0 Å². The van der Waals surface area contributed by atoms with Gasteiger partial charge in [-0.25, -0.2) is 0 Å². The zero-order chi connectivity index (χ0) is 15.0. The Balaban J connectivity index is 2.74. The van der Waals surface area contributed by atoms with Crippen LogP contribution >= 0.6 is 0 Å². The maximum atomic E-state index is 12.6. The summed E-state index contributed by atoms with van der Waals surface area (Å²) in [6, 6.07) is 0.205. The number of nitrogens with two attached hydrogens (primary N) is 1. The van der Waals surface area contributed by atoms with Gasteiger partial charge >= 0.3 is 0 Å². The van der Waals surface area contributed by atoms with Crippen molar-refractivity contribution in [3.05, 3.63) is 0 Å². The minimum absolute atomic E-state index is 0.0557. The quantitative estimate of drug-likeness (QED) is 0.277. The van der Waals surface area contributed by atoms with E-state index in [1.807, 2.05) is 0 Å². The Morgan fingerprint density at radius 3 is 2.45 bits per heavy atom. The molecular weight excluding hydrogens is 254 g/mol. The smallest absolute Gasteiger partial charge is 0.234 e. The molecule has 0 heterocycles. The van der Waals surface area contributed by atoms with Gasteiger partial charge in [-0.1, -0.05) is 51.1 Å². The van der Waals surface area contributed by atoms with Crippen LogP contribution in [0.5, 0.6) is 0 Å². The minimum Gasteiger partial charge on any atom is -0.409 e. The standard InChI is InChI=1S/C15H29N3O2/c1-3-5-9-12(8-4-2)17-14(19)15(13(16)18-20)10-6-7-11-15/h12,20H,3-11H2,1-2H3,(H2,16,18)(H,17,19). The van der Waals surface area contributed by atoms with Crippen molar-refractivity contribution >= 4 is 11.7 Å². The average Bonchev–Trinajstić information content (AvgIpc) is 2.94. The number of nitrogens with one attached hydrogen (secondary N) is 1. The number of rotatable bonds is 8. The van der Waals surface area contributed by atoms with Gasteiger partial charge in [0.25, 0.3) is 0 Å². The van der Waals surface area contributed by atoms with Crippen molar-refractivity contribution in [1.29, 1.82) is 0 Å². The average molecular weight is 283 g/mol. The van der Waals surface area contributed by atoms with Crippen molar-refractivity contribution < 1.29 is 10.0 Å². The summed E-state index contributed by atoms with van der Waals surface area (Å²) in [5, 5.41) is 15.2. The Morgan fingerprint density at radius 2 is 1.95 bits per heavy atom. The molecule has 1 rings (SSSR count). The maximum absolute atomic E-state index is 12.6. The van der Waals surface area contributed by atoms with Gasteiger partial charge in [0.15, 0.2) is 5.84 Å². The van der Waals surface area contributed by atoms with Gasteiger partial charge in [0.1, 0.15) is 5.41 Å². The third kappa shape index (κ3) is 3.87. The fraction of sp³-hybridized carbons (Fsp3) is 0.867. The molecule has 5 heteroatoms. The van der Waals surface area contributed by atoms with Crippen molar-refractivity contribution in [3.8, 4) is 0 Å². The first kappa shape index (κ1) is 16.8. The second-order valence-corrected chi connectivity index (χ2v) is 5.88. The van der Waals surface area contributed by atoms with Crippen molar-refractivity contribution in [2.45, 2.75) is 77.7 Å². The van der Waals surface area contributed by atoms with Gasteiger partial charge in [0.2, 0.25) is 5.91 Å². The molecule has 1 unspecified atom stereocenters. The minimum atomic E-state index is -0.785. The number of amidine groups is 1. The molecule has 1 fully saturated rings. The molecule has 0 radical (unpaired) electrons. The van der Waals surface area contributed by atoms with Crippen LogP contribution in [-0.4, -0.2) is 23.0 Å². The normalized spacial score (nSPS) is 19.8. The number of hydrogen-bond acceptors (Lipinski definition) is 3. The number of oxime groups is 1. The summed E-state index contributed by atoms with van der Waals surface area (Å²) in [5.74, 6) is 0.0121. The van der Waals surface area contributed by atoms with Gasteiger partial charge in [-0.15, -0.1) is 0 Å². The Labute approximate surface area is 122 Å². The molecule has 1 saturated carbocycles. The molecule has 0 aromatic heterocycles. The van der Waals surface area contributed by atoms with Crippen LogP contribution in [0.15, 0.2) is 5.16 Å². The Bertz CT molecular complexity index is 336. The van der Waals surface area contributed by atoms with Crippen LogP contribution < -0.4 is 11.1 Å². The summed E-state index contributed by atoms with van der Waals surface area (Å²) >= 11 is 0. The van der Waals surface area contributed by atoms with Gasteiger partial charge < -0.3 is 16.3 Å². The van der Waals surface area contributed by atoms with Crippen LogP contribution in [0.4, 0.5) is 0 Å². The largest absolute Gasteiger partial charge is 0.409 e. The molecule has 0 aromatic rings. The molecule has 0 aromatic carbocycles. The summed E-state index contributed by atoms with van der Waals surface area (Å²) in [5.41, 5.74) is 5.02. The molecular formula is C15H29N3O2. The van der Waals surface area contributed by atoms with E-state index in [0.717, 1.165) is 44.9 Å². The highest BCUT2D eigenvalue weighted by Crippen LogP contribution is 2.38. The highest BCUT2D eigenvalue weighted by atomic mass is 16.4. The van der Waals surface area contributed by atoms with E-state index in [1.54, 1.807) is 0 Å². The highest BCUT2D eigenvalue weighted by molar-refractivity contribution is 6.07. The Kier molecular flexibility index (Phi) is 6.82. The van der Waals surface area contributed by atoms with Crippen LogP contribution in [0.1, 0.15) is 71.6 Å². The molecule has 1 atom stereocenters. The Morgan fingerprint density at radius 1 is 1.30 bits per heavy atom. The van der Waals surface area contributed by atoms with Crippen LogP contribution in [0, 0.1) is 5.41 Å². The van der Waals surface area contributed by atoms with Gasteiger partial charge in [-0.05, 0) is 25.7 Å². The second kappa shape index (κ2) is 8.12. The number of carbonyl (C=O) groups excluding carboxylic acids is 1. The molecule has 116 valence electrons. The van der Waals surface area contributed by atoms with E-state index in [9.17, 15) is 4.79 Å². The number of hydrogen-bond donors (Lipinski definition) is 3. The molecule has 20 heavy (non-hydrogen) atoms. The van der Waals surface area contributed by atoms with Crippen LogP contribution in [0.25, 0.3) is 0 Å². The highest BCUT2D eigenvalue weighted by Gasteiger charge is 2.45. The van der Waals surface area contributed by atoms with Crippen molar-refractivity contribution in [2.75, 3.05) is 0 Å². The summed E-state index contributed by atoms with van der Waals surface area (Å²) in [6.45, 7) is 4.28. The second-order valence-electron chi connectivity index (χ2n) is 5.88. The summed E-state index contributed by atoms with van der Waals surface area (Å²) < 4.78 is 0. The third-order valence-electron chi connectivity index (χ3n) is 4.37. The van der Waals surface area contributed by atoms with Crippen molar-refractivity contribution in [1.82, 2.24) is 5.32 Å². The summed E-state index contributed by atoms with van der Waals surface area (Å²) in [6.07, 6.45) is 8.55. The lowest BCUT2D eigenvalue weighted by molar-refractivity contribution is -0.128. The Hall–Kier alpha value is -1.26. The molecule has 0 aliphatic heterocycles. The molecule has 1 amide bonds. The van der Waals surface area contributed by atoms with E-state index in [2.05, 4.69) is 24.3 Å². The van der Waals surface area contributed by atoms with Gasteiger partial charge in [-0.3, -0.25) is 4.79 Å². The fourth-order valence-electron chi connectivity index (χ4n) is 3.08. The molecule has 1 aliphatic carbocycles. The predicted molar refractivity (Wildman–Crippen MR) is 80.7 cm³/mol. The first-order chi connectivity index (χ1) is 9.60. The monoisotopic (exact) mass is 283 g/mol. The van der Waals surface area contributed by atoms with Crippen LogP contribution in [0.3, 0.4) is 0 Å². The number of amides is 1. The SMILES string of the molecule is CCCCC(CCC)NC(=O)C1(C(N)=NO)CCCC1. The van der Waals surface area contributed by atoms with Crippen LogP contribution in [-0.2, 0) is 4.79 Å². The first-order valence-electron chi connectivity index (χ1n) is 7.89. The molecule has 0 saturated heterocycles. The zero-order valence-corrected chi connectivity index (χ0v) is 12.8. The lowest BCUT2D eigenvalue weighted by atomic mass is 9.83. The van der Waals surface area contributed by atoms with E-state index in [0.29, 0.717) is 12.8 Å². The lowest BCUT2D eigenvalue weighted by Crippen LogP contribution is -2.51. The van der Waals surface area contributed by atoms with Crippen molar-refractivity contribution in [3.63, 3.8) is 0 Å². The summed E-state index contributed by atoms with van der Waals surface area (Å²) in [7, 11) is 0. The molecule has 0 bridgehead atoms. The lowest BCUT2D eigenvalue weighted by Gasteiger charge is -2.29. The molecule has 1 aliphatic rings. The van der Waals surface area contributed by atoms with E-state index in [1.165, 1.54) is 0 Å². The summed E-state index contributed by atoms with van der Waals surface area (Å²) in [4.78, 5) is 12.6. The van der Waals surface area contributed by atoms with Crippen molar-refractivity contribution in [2.24, 2.45) is 16.3 Å². The van der Waals surface area contributed by atoms with Crippen LogP contribution in [0.2, 0.25) is 0 Å². The predicted octanol–water partition coefficient (Wildman–Crippen LogP) is 2.77. The third-order valence-corrected chi connectivity index (χ3v) is 4.37. The molecule has 5 nitrogen and oxygen atoms in total. The fourth-order valence-corrected chi connectivity index (χ4v) is 3.08. The topological polar surface area (TPSA) is 87.7 Å². The van der Waals surface area contributed by atoms with Gasteiger partial charge in [0, 0.05) is 6.04 Å². The van der Waals surface area contributed by atoms with Gasteiger partial charge in [0.05, 0.1) is 0 Å². The first-order valence-corrected chi connectivity index (χ1v) is 7.89. The van der Waals surface area contributed by atoms with E-state index < -0.39 is 5.41 Å². The number of carbonyl (C=O) groups is 1. The van der Waals surface area contributed by atoms with E-state index in [4.69, 9.17) is 10.9 Å². The zero-order valence-electron chi connectivity index (χ0n) is 12.8. The molecule has 4 N–H and O–H groups in total. The maximum Gasteiger partial charge on any atom is 0.234 e. The molecule has 0 spiro atoms. The number of nitrogens with zero attached hydrogens (tertiary/aromatic N) is 1. The van der Waals surface area contributed by atoms with E-state index in [-0.39, 0.29) is 17.8 Å². The van der Waals surface area contributed by atoms with E-state index >= 15 is 0 Å². The number of unbranched alkanes of at least 4 members (excludes halogenated alkanes) is 1.